The molecule has 2 nitrogen and oxygen atoms in total. The van der Waals surface area contributed by atoms with E-state index < -0.39 is 5.60 Å². The van der Waals surface area contributed by atoms with Gasteiger partial charge in [-0.15, -0.1) is 0 Å². The van der Waals surface area contributed by atoms with E-state index in [2.05, 4.69) is 20.8 Å². The summed E-state index contributed by atoms with van der Waals surface area (Å²) in [5.41, 5.74) is -0.610. The highest BCUT2D eigenvalue weighted by Gasteiger charge is 2.33. The molecule has 0 saturated carbocycles. The molecular weight excluding hydrogens is 285 g/mol. The first kappa shape index (κ1) is 13.0. The Morgan fingerprint density at radius 3 is 2.88 bits per heavy atom. The molecule has 0 bridgehead atoms. The molecule has 1 aliphatic rings. The van der Waals surface area contributed by atoms with Gasteiger partial charge in [0.25, 0.3) is 0 Å². The lowest BCUT2D eigenvalue weighted by atomic mass is 9.86. The van der Waals surface area contributed by atoms with Crippen molar-refractivity contribution in [3.8, 4) is 0 Å². The van der Waals surface area contributed by atoms with E-state index in [-0.39, 0.29) is 5.82 Å². The highest BCUT2D eigenvalue weighted by molar-refractivity contribution is 9.10. The normalized spacial score (nSPS) is 26.8. The number of hydrogen-bond acceptors (Lipinski definition) is 2. The zero-order chi connectivity index (χ0) is 12.5. The smallest absolute Gasteiger partial charge is 0.129 e. The summed E-state index contributed by atoms with van der Waals surface area (Å²) in [6.45, 7) is 1.75. The fourth-order valence-electron chi connectivity index (χ4n) is 2.38. The second kappa shape index (κ2) is 5.04. The Morgan fingerprint density at radius 1 is 1.35 bits per heavy atom. The first-order chi connectivity index (χ1) is 8.01. The molecule has 1 unspecified atom stereocenters. The van der Waals surface area contributed by atoms with Gasteiger partial charge in [0.15, 0.2) is 0 Å². The van der Waals surface area contributed by atoms with Crippen molar-refractivity contribution in [2.24, 2.45) is 0 Å². The van der Waals surface area contributed by atoms with Crippen LogP contribution in [0, 0.1) is 5.82 Å². The van der Waals surface area contributed by atoms with Gasteiger partial charge in [-0.05, 0) is 51.1 Å². The van der Waals surface area contributed by atoms with Gasteiger partial charge in [0.05, 0.1) is 5.60 Å². The maximum Gasteiger partial charge on any atom is 0.129 e. The predicted molar refractivity (Wildman–Crippen MR) is 69.3 cm³/mol. The molecule has 0 aromatic heterocycles. The topological polar surface area (TPSA) is 23.5 Å². The molecule has 1 atom stereocenters. The molecule has 0 amide bonds. The summed E-state index contributed by atoms with van der Waals surface area (Å²) in [6, 6.07) is 4.76. The van der Waals surface area contributed by atoms with Crippen molar-refractivity contribution in [3.05, 3.63) is 34.1 Å². The third-order valence-electron chi connectivity index (χ3n) is 3.47. The van der Waals surface area contributed by atoms with Crippen molar-refractivity contribution < 1.29 is 9.50 Å². The Hall–Kier alpha value is -0.450. The van der Waals surface area contributed by atoms with Crippen LogP contribution >= 0.6 is 15.9 Å². The molecular formula is C13H17BrFNO. The van der Waals surface area contributed by atoms with Gasteiger partial charge in [0.1, 0.15) is 5.82 Å². The van der Waals surface area contributed by atoms with E-state index in [1.54, 1.807) is 12.1 Å². The van der Waals surface area contributed by atoms with Crippen LogP contribution in [0.4, 0.5) is 4.39 Å². The van der Waals surface area contributed by atoms with Gasteiger partial charge in [0.2, 0.25) is 0 Å². The standard InChI is InChI=1S/C13H17BrFNO/c1-16-7-2-5-13(17,6-8-16)11-9-10(14)3-4-12(11)15/h3-4,9,17H,2,5-8H2,1H3. The predicted octanol–water partition coefficient (Wildman–Crippen LogP) is 2.89. The van der Waals surface area contributed by atoms with E-state index in [1.165, 1.54) is 6.07 Å². The summed E-state index contributed by atoms with van der Waals surface area (Å²) >= 11 is 3.33. The second-order valence-electron chi connectivity index (χ2n) is 4.81. The lowest BCUT2D eigenvalue weighted by molar-refractivity contribution is 0.0184. The van der Waals surface area contributed by atoms with Crippen molar-refractivity contribution in [3.63, 3.8) is 0 Å². The lowest BCUT2D eigenvalue weighted by Gasteiger charge is -2.27. The highest BCUT2D eigenvalue weighted by Crippen LogP contribution is 2.35. The third kappa shape index (κ3) is 2.87. The number of nitrogens with zero attached hydrogens (tertiary/aromatic N) is 1. The summed E-state index contributed by atoms with van der Waals surface area (Å²) in [4.78, 5) is 2.17. The maximum absolute atomic E-state index is 13.8. The van der Waals surface area contributed by atoms with E-state index in [0.717, 1.165) is 24.0 Å². The van der Waals surface area contributed by atoms with Crippen LogP contribution in [-0.4, -0.2) is 30.1 Å². The van der Waals surface area contributed by atoms with E-state index in [4.69, 9.17) is 0 Å². The van der Waals surface area contributed by atoms with Crippen molar-refractivity contribution in [2.45, 2.75) is 24.9 Å². The summed E-state index contributed by atoms with van der Waals surface area (Å²) in [6.07, 6.45) is 2.08. The van der Waals surface area contributed by atoms with Crippen LogP contribution in [0.15, 0.2) is 22.7 Å². The first-order valence-corrected chi connectivity index (χ1v) is 6.67. The van der Waals surface area contributed by atoms with Crippen molar-refractivity contribution >= 4 is 15.9 Å². The van der Waals surface area contributed by atoms with Gasteiger partial charge in [-0.25, -0.2) is 4.39 Å². The lowest BCUT2D eigenvalue weighted by Crippen LogP contribution is -2.28. The molecule has 1 aromatic carbocycles. The number of rotatable bonds is 1. The van der Waals surface area contributed by atoms with Gasteiger partial charge in [-0.1, -0.05) is 15.9 Å². The third-order valence-corrected chi connectivity index (χ3v) is 3.96. The second-order valence-corrected chi connectivity index (χ2v) is 5.73. The minimum atomic E-state index is -1.03. The van der Waals surface area contributed by atoms with E-state index in [9.17, 15) is 9.50 Å². The molecule has 1 heterocycles. The Balaban J connectivity index is 2.33. The van der Waals surface area contributed by atoms with Crippen LogP contribution < -0.4 is 0 Å². The van der Waals surface area contributed by atoms with Crippen LogP contribution in [0.1, 0.15) is 24.8 Å². The zero-order valence-corrected chi connectivity index (χ0v) is 11.5. The maximum atomic E-state index is 13.8. The minimum absolute atomic E-state index is 0.319. The summed E-state index contributed by atoms with van der Waals surface area (Å²) in [5.74, 6) is -0.319. The van der Waals surface area contributed by atoms with E-state index in [1.807, 2.05) is 7.05 Å². The fraction of sp³-hybridized carbons (Fsp3) is 0.538. The largest absolute Gasteiger partial charge is 0.385 e. The number of likely N-dealkylation sites (tertiary alicyclic amines) is 1. The Kier molecular flexibility index (Phi) is 3.85. The van der Waals surface area contributed by atoms with Gasteiger partial charge < -0.3 is 10.0 Å². The Morgan fingerprint density at radius 2 is 2.12 bits per heavy atom. The molecule has 94 valence electrons. The van der Waals surface area contributed by atoms with E-state index >= 15 is 0 Å². The quantitative estimate of drug-likeness (QED) is 0.862. The Labute approximate surface area is 110 Å². The molecule has 0 aliphatic carbocycles. The van der Waals surface area contributed by atoms with Crippen LogP contribution in [0.25, 0.3) is 0 Å². The molecule has 4 heteroatoms. The molecule has 17 heavy (non-hydrogen) atoms. The molecule has 0 radical (unpaired) electrons. The van der Waals surface area contributed by atoms with Gasteiger partial charge in [-0.2, -0.15) is 0 Å². The molecule has 0 spiro atoms. The molecule has 1 fully saturated rings. The van der Waals surface area contributed by atoms with Crippen LogP contribution in [0.2, 0.25) is 0 Å². The molecule has 1 saturated heterocycles. The average molecular weight is 302 g/mol. The monoisotopic (exact) mass is 301 g/mol. The summed E-state index contributed by atoms with van der Waals surface area (Å²) in [7, 11) is 2.03. The molecule has 1 N–H and O–H groups in total. The van der Waals surface area contributed by atoms with Crippen molar-refractivity contribution in [1.82, 2.24) is 4.90 Å². The van der Waals surface area contributed by atoms with Crippen LogP contribution in [0.5, 0.6) is 0 Å². The summed E-state index contributed by atoms with van der Waals surface area (Å²) in [5, 5.41) is 10.7. The number of benzene rings is 1. The number of hydrogen-bond donors (Lipinski definition) is 1. The SMILES string of the molecule is CN1CCCC(O)(c2cc(Br)ccc2F)CC1. The number of aliphatic hydroxyl groups is 1. The fourth-order valence-corrected chi connectivity index (χ4v) is 2.74. The molecule has 1 aliphatic heterocycles. The van der Waals surface area contributed by atoms with Crippen LogP contribution in [-0.2, 0) is 5.60 Å². The number of halogens is 2. The molecule has 1 aromatic rings. The Bertz CT molecular complexity index is 412. The highest BCUT2D eigenvalue weighted by atomic mass is 79.9. The van der Waals surface area contributed by atoms with E-state index in [0.29, 0.717) is 18.4 Å². The minimum Gasteiger partial charge on any atom is -0.385 e. The van der Waals surface area contributed by atoms with Crippen LogP contribution in [0.3, 0.4) is 0 Å². The van der Waals surface area contributed by atoms with Crippen molar-refractivity contribution in [2.75, 3.05) is 20.1 Å². The van der Waals surface area contributed by atoms with Gasteiger partial charge in [-0.3, -0.25) is 0 Å². The molecule has 2 rings (SSSR count). The first-order valence-electron chi connectivity index (χ1n) is 5.88. The average Bonchev–Trinajstić information content (AvgIpc) is 2.46. The summed E-state index contributed by atoms with van der Waals surface area (Å²) < 4.78 is 14.6. The zero-order valence-electron chi connectivity index (χ0n) is 9.92. The van der Waals surface area contributed by atoms with Crippen molar-refractivity contribution in [1.29, 1.82) is 0 Å². The van der Waals surface area contributed by atoms with Gasteiger partial charge >= 0.3 is 0 Å². The van der Waals surface area contributed by atoms with Gasteiger partial charge in [0, 0.05) is 16.6 Å².